The van der Waals surface area contributed by atoms with Gasteiger partial charge in [0.15, 0.2) is 0 Å². The second kappa shape index (κ2) is 5.59. The SMILES string of the molecule is CC(c1ccncc1)C(O)c1ccc(Br)c(F)c1. The van der Waals surface area contributed by atoms with Crippen molar-refractivity contribution in [2.45, 2.75) is 18.9 Å². The number of aromatic nitrogens is 1. The molecule has 0 radical (unpaired) electrons. The molecule has 94 valence electrons. The van der Waals surface area contributed by atoms with E-state index >= 15 is 0 Å². The number of aliphatic hydroxyl groups is 1. The van der Waals surface area contributed by atoms with Crippen molar-refractivity contribution in [2.24, 2.45) is 0 Å². The third-order valence-electron chi connectivity index (χ3n) is 2.99. The van der Waals surface area contributed by atoms with E-state index in [9.17, 15) is 9.50 Å². The molecule has 0 fully saturated rings. The first kappa shape index (κ1) is 13.2. The minimum absolute atomic E-state index is 0.117. The molecule has 0 saturated carbocycles. The summed E-state index contributed by atoms with van der Waals surface area (Å²) < 4.78 is 13.8. The lowest BCUT2D eigenvalue weighted by molar-refractivity contribution is 0.151. The molecule has 4 heteroatoms. The molecule has 18 heavy (non-hydrogen) atoms. The molecule has 0 amide bonds. The lowest BCUT2D eigenvalue weighted by atomic mass is 9.91. The molecule has 2 rings (SSSR count). The van der Waals surface area contributed by atoms with E-state index < -0.39 is 6.10 Å². The molecule has 1 aromatic carbocycles. The van der Waals surface area contributed by atoms with Crippen LogP contribution in [0.15, 0.2) is 47.2 Å². The normalized spacial score (nSPS) is 14.2. The fraction of sp³-hybridized carbons (Fsp3) is 0.214. The van der Waals surface area contributed by atoms with Crippen LogP contribution in [0.25, 0.3) is 0 Å². The number of hydrogen-bond donors (Lipinski definition) is 1. The Kier molecular flexibility index (Phi) is 4.09. The molecule has 1 aromatic heterocycles. The minimum Gasteiger partial charge on any atom is -0.388 e. The Morgan fingerprint density at radius 2 is 1.83 bits per heavy atom. The number of pyridine rings is 1. The van der Waals surface area contributed by atoms with E-state index in [4.69, 9.17) is 0 Å². The van der Waals surface area contributed by atoms with Gasteiger partial charge in [-0.25, -0.2) is 4.39 Å². The first-order chi connectivity index (χ1) is 8.59. The van der Waals surface area contributed by atoms with Gasteiger partial charge in [0.1, 0.15) is 5.82 Å². The molecule has 0 saturated heterocycles. The van der Waals surface area contributed by atoms with Crippen molar-refractivity contribution >= 4 is 15.9 Å². The van der Waals surface area contributed by atoms with Gasteiger partial charge in [0.05, 0.1) is 10.6 Å². The van der Waals surface area contributed by atoms with Crippen LogP contribution in [0, 0.1) is 5.82 Å². The molecule has 1 heterocycles. The summed E-state index contributed by atoms with van der Waals surface area (Å²) in [6.07, 6.45) is 2.62. The van der Waals surface area contributed by atoms with Crippen LogP contribution in [0.1, 0.15) is 30.1 Å². The third-order valence-corrected chi connectivity index (χ3v) is 3.63. The van der Waals surface area contributed by atoms with Crippen molar-refractivity contribution in [3.63, 3.8) is 0 Å². The number of benzene rings is 1. The van der Waals surface area contributed by atoms with Gasteiger partial charge in [-0.05, 0) is 51.3 Å². The molecule has 0 aliphatic carbocycles. The van der Waals surface area contributed by atoms with Crippen LogP contribution in [0.2, 0.25) is 0 Å². The highest BCUT2D eigenvalue weighted by Crippen LogP contribution is 2.31. The summed E-state index contributed by atoms with van der Waals surface area (Å²) >= 11 is 3.10. The predicted molar refractivity (Wildman–Crippen MR) is 71.7 cm³/mol. The molecule has 2 atom stereocenters. The lowest BCUT2D eigenvalue weighted by Crippen LogP contribution is -2.08. The summed E-state index contributed by atoms with van der Waals surface area (Å²) in [7, 11) is 0. The van der Waals surface area contributed by atoms with Crippen LogP contribution in [0.5, 0.6) is 0 Å². The summed E-state index contributed by atoms with van der Waals surface area (Å²) in [6.45, 7) is 1.90. The van der Waals surface area contributed by atoms with Gasteiger partial charge in [-0.3, -0.25) is 4.98 Å². The summed E-state index contributed by atoms with van der Waals surface area (Å²) in [6, 6.07) is 8.38. The van der Waals surface area contributed by atoms with Gasteiger partial charge in [-0.2, -0.15) is 0 Å². The van der Waals surface area contributed by atoms with Crippen LogP contribution in [0.3, 0.4) is 0 Å². The van der Waals surface area contributed by atoms with Gasteiger partial charge in [-0.1, -0.05) is 13.0 Å². The highest BCUT2D eigenvalue weighted by atomic mass is 79.9. The smallest absolute Gasteiger partial charge is 0.137 e. The maximum absolute atomic E-state index is 13.4. The van der Waals surface area contributed by atoms with E-state index in [0.717, 1.165) is 5.56 Å². The molecule has 0 aliphatic rings. The quantitative estimate of drug-likeness (QED) is 0.935. The van der Waals surface area contributed by atoms with Gasteiger partial charge in [0.2, 0.25) is 0 Å². The first-order valence-corrected chi connectivity index (χ1v) is 6.42. The second-order valence-electron chi connectivity index (χ2n) is 4.19. The molecule has 1 N–H and O–H groups in total. The Morgan fingerprint density at radius 1 is 1.17 bits per heavy atom. The highest BCUT2D eigenvalue weighted by Gasteiger charge is 2.19. The van der Waals surface area contributed by atoms with Crippen molar-refractivity contribution < 1.29 is 9.50 Å². The van der Waals surface area contributed by atoms with Crippen molar-refractivity contribution in [3.05, 3.63) is 64.1 Å². The number of aliphatic hydroxyl groups excluding tert-OH is 1. The highest BCUT2D eigenvalue weighted by molar-refractivity contribution is 9.10. The van der Waals surface area contributed by atoms with Crippen LogP contribution in [-0.4, -0.2) is 10.1 Å². The van der Waals surface area contributed by atoms with Gasteiger partial charge in [0.25, 0.3) is 0 Å². The molecule has 0 aliphatic heterocycles. The van der Waals surface area contributed by atoms with Crippen molar-refractivity contribution in [2.75, 3.05) is 0 Å². The molecular formula is C14H13BrFNO. The number of nitrogens with zero attached hydrogens (tertiary/aromatic N) is 1. The fourth-order valence-electron chi connectivity index (χ4n) is 1.83. The summed E-state index contributed by atoms with van der Waals surface area (Å²) in [5.74, 6) is -0.484. The third kappa shape index (κ3) is 2.76. The van der Waals surface area contributed by atoms with Crippen LogP contribution in [0.4, 0.5) is 4.39 Å². The molecule has 2 aromatic rings. The van der Waals surface area contributed by atoms with Crippen molar-refractivity contribution in [1.82, 2.24) is 4.98 Å². The Bertz CT molecular complexity index is 533. The summed E-state index contributed by atoms with van der Waals surface area (Å²) in [4.78, 5) is 3.94. The zero-order valence-electron chi connectivity index (χ0n) is 9.85. The van der Waals surface area contributed by atoms with Crippen molar-refractivity contribution in [1.29, 1.82) is 0 Å². The van der Waals surface area contributed by atoms with Gasteiger partial charge < -0.3 is 5.11 Å². The van der Waals surface area contributed by atoms with Crippen LogP contribution >= 0.6 is 15.9 Å². The van der Waals surface area contributed by atoms with Gasteiger partial charge in [-0.15, -0.1) is 0 Å². The molecule has 2 unspecified atom stereocenters. The molecular weight excluding hydrogens is 297 g/mol. The Hall–Kier alpha value is -1.26. The standard InChI is InChI=1S/C14H13BrFNO/c1-9(10-4-6-17-7-5-10)14(18)11-2-3-12(15)13(16)8-11/h2-9,14,18H,1H3. The monoisotopic (exact) mass is 309 g/mol. The summed E-state index contributed by atoms with van der Waals surface area (Å²) in [5, 5.41) is 10.3. The molecule has 2 nitrogen and oxygen atoms in total. The van der Waals surface area contributed by atoms with Crippen LogP contribution in [-0.2, 0) is 0 Å². The average Bonchev–Trinajstić information content (AvgIpc) is 2.41. The zero-order valence-corrected chi connectivity index (χ0v) is 11.4. The van der Waals surface area contributed by atoms with E-state index in [1.165, 1.54) is 6.07 Å². The van der Waals surface area contributed by atoms with Gasteiger partial charge in [0, 0.05) is 18.3 Å². The molecule has 0 bridgehead atoms. The predicted octanol–water partition coefficient (Wildman–Crippen LogP) is 3.82. The lowest BCUT2D eigenvalue weighted by Gasteiger charge is -2.19. The zero-order chi connectivity index (χ0) is 13.1. The van der Waals surface area contributed by atoms with Gasteiger partial charge >= 0.3 is 0 Å². The number of hydrogen-bond acceptors (Lipinski definition) is 2. The first-order valence-electron chi connectivity index (χ1n) is 5.62. The average molecular weight is 310 g/mol. The topological polar surface area (TPSA) is 33.1 Å². The van der Waals surface area contributed by atoms with E-state index in [0.29, 0.717) is 10.0 Å². The fourth-order valence-corrected chi connectivity index (χ4v) is 2.08. The second-order valence-corrected chi connectivity index (χ2v) is 5.04. The number of halogens is 2. The van der Waals surface area contributed by atoms with Crippen LogP contribution < -0.4 is 0 Å². The van der Waals surface area contributed by atoms with E-state index in [1.54, 1.807) is 24.5 Å². The Balaban J connectivity index is 2.25. The van der Waals surface area contributed by atoms with E-state index in [-0.39, 0.29) is 11.7 Å². The maximum Gasteiger partial charge on any atom is 0.137 e. The summed E-state index contributed by atoms with van der Waals surface area (Å²) in [5.41, 5.74) is 1.54. The van der Waals surface area contributed by atoms with E-state index in [2.05, 4.69) is 20.9 Å². The maximum atomic E-state index is 13.4. The van der Waals surface area contributed by atoms with Crippen molar-refractivity contribution in [3.8, 4) is 0 Å². The molecule has 0 spiro atoms. The Morgan fingerprint density at radius 3 is 2.44 bits per heavy atom. The van der Waals surface area contributed by atoms with E-state index in [1.807, 2.05) is 19.1 Å². The number of rotatable bonds is 3. The largest absolute Gasteiger partial charge is 0.388 e. The Labute approximate surface area is 114 Å². The minimum atomic E-state index is -0.741.